The summed E-state index contributed by atoms with van der Waals surface area (Å²) < 4.78 is 0. The van der Waals surface area contributed by atoms with E-state index in [0.29, 0.717) is 11.8 Å². The summed E-state index contributed by atoms with van der Waals surface area (Å²) in [6, 6.07) is 0.0191. The third-order valence-electron chi connectivity index (χ3n) is 3.73. The molecule has 3 atom stereocenters. The molecule has 1 aliphatic carbocycles. The highest BCUT2D eigenvalue weighted by Crippen LogP contribution is 2.40. The highest BCUT2D eigenvalue weighted by molar-refractivity contribution is 5.85. The van der Waals surface area contributed by atoms with Crippen molar-refractivity contribution < 1.29 is 4.79 Å². The fraction of sp³-hybridized carbons (Fsp3) is 0.909. The van der Waals surface area contributed by atoms with Crippen molar-refractivity contribution in [2.45, 2.75) is 51.7 Å². The third-order valence-corrected chi connectivity index (χ3v) is 3.73. The number of nitrogens with one attached hydrogen (secondary N) is 2. The second-order valence-corrected chi connectivity index (χ2v) is 4.97. The fourth-order valence-corrected chi connectivity index (χ4v) is 2.28. The molecular weight excluding hydrogens is 176 g/mol. The minimum absolute atomic E-state index is 0.0191. The zero-order valence-electron chi connectivity index (χ0n) is 9.26. The first-order chi connectivity index (χ1) is 6.57. The number of rotatable bonds is 3. The van der Waals surface area contributed by atoms with Crippen LogP contribution < -0.4 is 10.6 Å². The van der Waals surface area contributed by atoms with Gasteiger partial charge in [0.05, 0.1) is 11.7 Å². The summed E-state index contributed by atoms with van der Waals surface area (Å²) in [6.45, 7) is 6.38. The molecule has 80 valence electrons. The Balaban J connectivity index is 2.05. The third kappa shape index (κ3) is 1.54. The van der Waals surface area contributed by atoms with E-state index in [-0.39, 0.29) is 17.6 Å². The van der Waals surface area contributed by atoms with Crippen molar-refractivity contribution in [3.05, 3.63) is 0 Å². The van der Waals surface area contributed by atoms with Gasteiger partial charge in [0.1, 0.15) is 0 Å². The average molecular weight is 196 g/mol. The molecule has 0 aromatic carbocycles. The molecule has 2 N–H and O–H groups in total. The smallest absolute Gasteiger partial charge is 0.238 e. The van der Waals surface area contributed by atoms with E-state index in [4.69, 9.17) is 0 Å². The van der Waals surface area contributed by atoms with Gasteiger partial charge in [-0.05, 0) is 31.6 Å². The maximum absolute atomic E-state index is 11.7. The van der Waals surface area contributed by atoms with Crippen molar-refractivity contribution in [3.8, 4) is 0 Å². The molecule has 0 aromatic heterocycles. The standard InChI is InChI=1S/C11H20N2O/c1-4-7(2)9-10(14)13-11(3,12-9)8-5-6-8/h7-9,12H,4-6H2,1-3H3,(H,13,14). The molecule has 2 rings (SSSR count). The number of hydrogen-bond donors (Lipinski definition) is 2. The quantitative estimate of drug-likeness (QED) is 0.713. The molecule has 1 saturated heterocycles. The molecule has 3 nitrogen and oxygen atoms in total. The van der Waals surface area contributed by atoms with E-state index >= 15 is 0 Å². The van der Waals surface area contributed by atoms with Crippen molar-refractivity contribution in [1.29, 1.82) is 0 Å². The van der Waals surface area contributed by atoms with Crippen LogP contribution in [0.15, 0.2) is 0 Å². The molecule has 2 fully saturated rings. The van der Waals surface area contributed by atoms with Gasteiger partial charge in [0.25, 0.3) is 0 Å². The molecule has 3 heteroatoms. The molecule has 0 radical (unpaired) electrons. The minimum atomic E-state index is -0.120. The van der Waals surface area contributed by atoms with E-state index in [9.17, 15) is 4.79 Å². The lowest BCUT2D eigenvalue weighted by Crippen LogP contribution is -2.50. The Bertz CT molecular complexity index is 250. The molecular formula is C11H20N2O. The monoisotopic (exact) mass is 196 g/mol. The zero-order valence-corrected chi connectivity index (χ0v) is 9.26. The summed E-state index contributed by atoms with van der Waals surface area (Å²) in [4.78, 5) is 11.7. The second kappa shape index (κ2) is 3.23. The molecule has 1 saturated carbocycles. The molecule has 0 aromatic rings. The molecule has 1 aliphatic heterocycles. The Labute approximate surface area is 85.6 Å². The van der Waals surface area contributed by atoms with Crippen LogP contribution in [0.4, 0.5) is 0 Å². The van der Waals surface area contributed by atoms with Gasteiger partial charge in [-0.3, -0.25) is 10.1 Å². The molecule has 1 amide bonds. The number of amides is 1. The second-order valence-electron chi connectivity index (χ2n) is 4.97. The summed E-state index contributed by atoms with van der Waals surface area (Å²) in [5, 5.41) is 6.58. The zero-order chi connectivity index (χ0) is 10.3. The van der Waals surface area contributed by atoms with Crippen LogP contribution >= 0.6 is 0 Å². The SMILES string of the molecule is CCC(C)C1NC(C)(C2CC2)NC1=O. The van der Waals surface area contributed by atoms with Crippen LogP contribution in [0.3, 0.4) is 0 Å². The predicted octanol–water partition coefficient (Wildman–Crippen LogP) is 1.25. The van der Waals surface area contributed by atoms with Crippen molar-refractivity contribution in [1.82, 2.24) is 10.6 Å². The number of carbonyl (C=O) groups excluding carboxylic acids is 1. The highest BCUT2D eigenvalue weighted by Gasteiger charge is 2.50. The van der Waals surface area contributed by atoms with Crippen molar-refractivity contribution in [2.75, 3.05) is 0 Å². The number of hydrogen-bond acceptors (Lipinski definition) is 2. The van der Waals surface area contributed by atoms with E-state index in [1.807, 2.05) is 0 Å². The minimum Gasteiger partial charge on any atom is -0.337 e. The van der Waals surface area contributed by atoms with Gasteiger partial charge >= 0.3 is 0 Å². The van der Waals surface area contributed by atoms with Crippen LogP contribution in [-0.2, 0) is 4.79 Å². The summed E-state index contributed by atoms with van der Waals surface area (Å²) in [6.07, 6.45) is 3.54. The maximum atomic E-state index is 11.7. The van der Waals surface area contributed by atoms with E-state index in [2.05, 4.69) is 31.4 Å². The van der Waals surface area contributed by atoms with Gasteiger partial charge < -0.3 is 5.32 Å². The normalized spacial score (nSPS) is 39.6. The van der Waals surface area contributed by atoms with Crippen LogP contribution in [0, 0.1) is 11.8 Å². The van der Waals surface area contributed by atoms with Gasteiger partial charge in [0.2, 0.25) is 5.91 Å². The Kier molecular flexibility index (Phi) is 2.30. The summed E-state index contributed by atoms with van der Waals surface area (Å²) >= 11 is 0. The molecule has 0 spiro atoms. The lowest BCUT2D eigenvalue weighted by Gasteiger charge is -2.25. The predicted molar refractivity (Wildman–Crippen MR) is 55.7 cm³/mol. The first-order valence-corrected chi connectivity index (χ1v) is 5.66. The summed E-state index contributed by atoms with van der Waals surface area (Å²) in [5.74, 6) is 1.27. The summed E-state index contributed by atoms with van der Waals surface area (Å²) in [5.41, 5.74) is -0.120. The lowest BCUT2D eigenvalue weighted by atomic mass is 9.99. The molecule has 1 heterocycles. The van der Waals surface area contributed by atoms with Gasteiger partial charge in [0.15, 0.2) is 0 Å². The van der Waals surface area contributed by atoms with Crippen LogP contribution in [0.2, 0.25) is 0 Å². The lowest BCUT2D eigenvalue weighted by molar-refractivity contribution is -0.121. The van der Waals surface area contributed by atoms with Gasteiger partial charge in [0, 0.05) is 0 Å². The Hall–Kier alpha value is -0.570. The van der Waals surface area contributed by atoms with E-state index in [1.165, 1.54) is 12.8 Å². The van der Waals surface area contributed by atoms with Crippen LogP contribution in [0.5, 0.6) is 0 Å². The van der Waals surface area contributed by atoms with Gasteiger partial charge in [-0.2, -0.15) is 0 Å². The highest BCUT2D eigenvalue weighted by atomic mass is 16.2. The van der Waals surface area contributed by atoms with Gasteiger partial charge in [-0.1, -0.05) is 20.3 Å². The Morgan fingerprint density at radius 2 is 2.21 bits per heavy atom. The maximum Gasteiger partial charge on any atom is 0.238 e. The number of carbonyl (C=O) groups is 1. The van der Waals surface area contributed by atoms with Crippen molar-refractivity contribution in [2.24, 2.45) is 11.8 Å². The van der Waals surface area contributed by atoms with Crippen LogP contribution in [0.1, 0.15) is 40.0 Å². The van der Waals surface area contributed by atoms with Gasteiger partial charge in [-0.15, -0.1) is 0 Å². The van der Waals surface area contributed by atoms with Crippen molar-refractivity contribution >= 4 is 5.91 Å². The molecule has 3 unspecified atom stereocenters. The van der Waals surface area contributed by atoms with E-state index < -0.39 is 0 Å². The largest absolute Gasteiger partial charge is 0.337 e. The first kappa shape index (κ1) is 9.97. The fourth-order valence-electron chi connectivity index (χ4n) is 2.28. The molecule has 14 heavy (non-hydrogen) atoms. The summed E-state index contributed by atoms with van der Waals surface area (Å²) in [7, 11) is 0. The van der Waals surface area contributed by atoms with Crippen LogP contribution in [0.25, 0.3) is 0 Å². The van der Waals surface area contributed by atoms with E-state index in [0.717, 1.165) is 6.42 Å². The van der Waals surface area contributed by atoms with Crippen LogP contribution in [-0.4, -0.2) is 17.6 Å². The Morgan fingerprint density at radius 3 is 2.71 bits per heavy atom. The first-order valence-electron chi connectivity index (χ1n) is 5.66. The van der Waals surface area contributed by atoms with Gasteiger partial charge in [-0.25, -0.2) is 0 Å². The Morgan fingerprint density at radius 1 is 1.57 bits per heavy atom. The van der Waals surface area contributed by atoms with Crippen molar-refractivity contribution in [3.63, 3.8) is 0 Å². The topological polar surface area (TPSA) is 41.1 Å². The average Bonchev–Trinajstić information content (AvgIpc) is 2.93. The molecule has 2 aliphatic rings. The molecule has 0 bridgehead atoms. The van der Waals surface area contributed by atoms with E-state index in [1.54, 1.807) is 0 Å².